The summed E-state index contributed by atoms with van der Waals surface area (Å²) in [6.45, 7) is -1.25. The van der Waals surface area contributed by atoms with Gasteiger partial charge in [0.05, 0.1) is 13.2 Å². The summed E-state index contributed by atoms with van der Waals surface area (Å²) in [5.74, 6) is 7.01. The van der Waals surface area contributed by atoms with Crippen molar-refractivity contribution in [1.29, 1.82) is 0 Å². The molecule has 10 atom stereocenters. The molecule has 1 aliphatic carbocycles. The van der Waals surface area contributed by atoms with Gasteiger partial charge in [0.15, 0.2) is 0 Å². The van der Waals surface area contributed by atoms with Gasteiger partial charge in [-0.15, -0.1) is 0 Å². The smallest absolute Gasteiger partial charge is 0.299 e. The molecule has 10 nitrogen and oxygen atoms in total. The lowest BCUT2D eigenvalue weighted by atomic mass is 9.95. The highest BCUT2D eigenvalue weighted by Crippen LogP contribution is 2.51. The Labute approximate surface area is 233 Å². The highest BCUT2D eigenvalue weighted by atomic mass is 19.3. The van der Waals surface area contributed by atoms with Crippen molar-refractivity contribution in [3.05, 3.63) is 58.7 Å². The Kier molecular flexibility index (Phi) is 8.18. The molecule has 0 saturated carbocycles. The largest absolute Gasteiger partial charge is 0.394 e. The van der Waals surface area contributed by atoms with E-state index in [1.807, 2.05) is 0 Å². The van der Waals surface area contributed by atoms with Crippen LogP contribution in [0.4, 0.5) is 8.78 Å². The van der Waals surface area contributed by atoms with Crippen molar-refractivity contribution < 1.29 is 59.1 Å². The van der Waals surface area contributed by atoms with Crippen LogP contribution in [0, 0.1) is 23.7 Å². The first kappa shape index (κ1) is 29.5. The molecule has 0 amide bonds. The minimum atomic E-state index is -3.42. The zero-order chi connectivity index (χ0) is 29.6. The van der Waals surface area contributed by atoms with E-state index in [2.05, 4.69) is 23.7 Å². The van der Waals surface area contributed by atoms with Crippen LogP contribution in [0.3, 0.4) is 0 Å². The summed E-state index contributed by atoms with van der Waals surface area (Å²) in [7, 11) is 0. The van der Waals surface area contributed by atoms with Gasteiger partial charge in [0.2, 0.25) is 0 Å². The van der Waals surface area contributed by atoms with Gasteiger partial charge < -0.3 is 50.3 Å². The molecule has 2 aromatic carbocycles. The molecule has 12 heteroatoms. The Morgan fingerprint density at radius 3 is 1.37 bits per heavy atom. The lowest BCUT2D eigenvalue weighted by Crippen LogP contribution is -2.58. The first-order chi connectivity index (χ1) is 19.5. The standard InChI is InChI=1S/C29H28F2O10/c30-29(31)17-9-13(3-7-19-23(34)27(38)25(36)21(11-32)40-19)1-5-15(17)16-6-2-14(10-18(16)29)4-8-20-24(35)28(39)26(37)22(12-33)41-20/h1-2,5-6,9-10,19-28,32-39H,11-12H2. The monoisotopic (exact) mass is 574 g/mol. The van der Waals surface area contributed by atoms with Gasteiger partial charge in [-0.2, -0.15) is 8.78 Å². The van der Waals surface area contributed by atoms with Crippen LogP contribution in [0.2, 0.25) is 0 Å². The van der Waals surface area contributed by atoms with E-state index < -0.39 is 80.2 Å². The second kappa shape index (κ2) is 11.4. The molecule has 8 N–H and O–H groups in total. The lowest BCUT2D eigenvalue weighted by molar-refractivity contribution is -0.214. The highest BCUT2D eigenvalue weighted by Gasteiger charge is 2.46. The number of aliphatic hydroxyl groups excluding tert-OH is 8. The van der Waals surface area contributed by atoms with E-state index in [9.17, 15) is 40.9 Å². The maximum atomic E-state index is 15.6. The number of aliphatic hydroxyl groups is 8. The number of halogens is 2. The quantitative estimate of drug-likeness (QED) is 0.191. The van der Waals surface area contributed by atoms with Crippen LogP contribution in [0.25, 0.3) is 11.1 Å². The fourth-order valence-electron chi connectivity index (χ4n) is 5.13. The summed E-state index contributed by atoms with van der Waals surface area (Å²) in [5, 5.41) is 78.7. The van der Waals surface area contributed by atoms with Crippen molar-refractivity contribution in [2.45, 2.75) is 67.0 Å². The van der Waals surface area contributed by atoms with E-state index in [1.165, 1.54) is 36.4 Å². The zero-order valence-electron chi connectivity index (χ0n) is 21.3. The number of fused-ring (bicyclic) bond motifs is 3. The van der Waals surface area contributed by atoms with Crippen molar-refractivity contribution in [3.63, 3.8) is 0 Å². The van der Waals surface area contributed by atoms with Crippen LogP contribution in [-0.2, 0) is 15.4 Å². The van der Waals surface area contributed by atoms with Gasteiger partial charge in [0, 0.05) is 22.3 Å². The summed E-state index contributed by atoms with van der Waals surface area (Å²) >= 11 is 0. The molecule has 2 fully saturated rings. The van der Waals surface area contributed by atoms with E-state index in [4.69, 9.17) is 9.47 Å². The van der Waals surface area contributed by atoms with Crippen molar-refractivity contribution in [1.82, 2.24) is 0 Å². The Bertz CT molecular complexity index is 1320. The highest BCUT2D eigenvalue weighted by molar-refractivity contribution is 5.80. The Hall–Kier alpha value is -2.98. The predicted molar refractivity (Wildman–Crippen MR) is 136 cm³/mol. The molecule has 41 heavy (non-hydrogen) atoms. The summed E-state index contributed by atoms with van der Waals surface area (Å²) in [4.78, 5) is 0. The second-order valence-corrected chi connectivity index (χ2v) is 10.1. The molecular formula is C29H28F2O10. The molecule has 10 unspecified atom stereocenters. The van der Waals surface area contributed by atoms with Crippen LogP contribution in [-0.4, -0.2) is 115 Å². The van der Waals surface area contributed by atoms with Crippen LogP contribution < -0.4 is 0 Å². The topological polar surface area (TPSA) is 180 Å². The predicted octanol–water partition coefficient (Wildman–Crippen LogP) is -1.81. The number of ether oxygens (including phenoxy) is 2. The third-order valence-corrected chi connectivity index (χ3v) is 7.51. The Morgan fingerprint density at radius 2 is 1.00 bits per heavy atom. The Balaban J connectivity index is 1.39. The number of rotatable bonds is 2. The van der Waals surface area contributed by atoms with E-state index in [0.29, 0.717) is 0 Å². The van der Waals surface area contributed by atoms with Gasteiger partial charge in [0.1, 0.15) is 61.0 Å². The molecule has 2 saturated heterocycles. The molecule has 0 spiro atoms. The van der Waals surface area contributed by atoms with Crippen molar-refractivity contribution >= 4 is 0 Å². The van der Waals surface area contributed by atoms with Crippen LogP contribution in [0.1, 0.15) is 22.3 Å². The molecule has 0 radical (unpaired) electrons. The number of hydrogen-bond donors (Lipinski definition) is 8. The van der Waals surface area contributed by atoms with Crippen molar-refractivity contribution in [2.75, 3.05) is 13.2 Å². The average Bonchev–Trinajstić information content (AvgIpc) is 3.19. The molecule has 0 bridgehead atoms. The van der Waals surface area contributed by atoms with Crippen LogP contribution in [0.15, 0.2) is 36.4 Å². The fraction of sp³-hybridized carbons (Fsp3) is 0.448. The Morgan fingerprint density at radius 1 is 0.610 bits per heavy atom. The van der Waals surface area contributed by atoms with Crippen LogP contribution in [0.5, 0.6) is 0 Å². The summed E-state index contributed by atoms with van der Waals surface area (Å²) in [5.41, 5.74) is 0.277. The number of benzene rings is 2. The van der Waals surface area contributed by atoms with E-state index in [1.54, 1.807) is 0 Å². The normalized spacial score (nSPS) is 35.4. The molecular weight excluding hydrogens is 546 g/mol. The average molecular weight is 575 g/mol. The van der Waals surface area contributed by atoms with Crippen LogP contribution >= 0.6 is 0 Å². The summed E-state index contributed by atoms with van der Waals surface area (Å²) < 4.78 is 41.8. The molecule has 218 valence electrons. The minimum absolute atomic E-state index is 0.177. The molecule has 2 heterocycles. The third kappa shape index (κ3) is 5.25. The molecule has 3 aliphatic rings. The van der Waals surface area contributed by atoms with Crippen molar-refractivity contribution in [3.8, 4) is 34.8 Å². The minimum Gasteiger partial charge on any atom is -0.394 e. The molecule has 0 aromatic heterocycles. The van der Waals surface area contributed by atoms with Gasteiger partial charge in [0.25, 0.3) is 5.92 Å². The van der Waals surface area contributed by atoms with E-state index in [0.717, 1.165) is 0 Å². The van der Waals surface area contributed by atoms with Gasteiger partial charge in [-0.3, -0.25) is 0 Å². The first-order valence-electron chi connectivity index (χ1n) is 12.8. The summed E-state index contributed by atoms with van der Waals surface area (Å²) in [6, 6.07) is 8.37. The maximum absolute atomic E-state index is 15.6. The molecule has 5 rings (SSSR count). The van der Waals surface area contributed by atoms with E-state index >= 15 is 8.78 Å². The van der Waals surface area contributed by atoms with Gasteiger partial charge in [-0.05, 0) is 35.4 Å². The lowest BCUT2D eigenvalue weighted by Gasteiger charge is -2.37. The third-order valence-electron chi connectivity index (χ3n) is 7.51. The molecule has 2 aromatic rings. The summed E-state index contributed by atoms with van der Waals surface area (Å²) in [6.07, 6.45) is -14.3. The maximum Gasteiger partial charge on any atom is 0.299 e. The number of hydrogen-bond acceptors (Lipinski definition) is 10. The van der Waals surface area contributed by atoms with Gasteiger partial charge in [-0.25, -0.2) is 0 Å². The van der Waals surface area contributed by atoms with Crippen molar-refractivity contribution in [2.24, 2.45) is 0 Å². The fourth-order valence-corrected chi connectivity index (χ4v) is 5.13. The first-order valence-corrected chi connectivity index (χ1v) is 12.8. The zero-order valence-corrected chi connectivity index (χ0v) is 21.3. The SMILES string of the molecule is OCC1OC(C#Cc2ccc3c(c2)C(F)(F)c2cc(C#CC4OC(CO)C(O)C(O)C4O)ccc2-3)C(O)C(O)C1O. The molecule has 2 aliphatic heterocycles. The number of alkyl halides is 2. The van der Waals surface area contributed by atoms with E-state index in [-0.39, 0.29) is 33.4 Å². The van der Waals surface area contributed by atoms with Gasteiger partial charge in [-0.1, -0.05) is 35.8 Å². The second-order valence-electron chi connectivity index (χ2n) is 10.1. The van der Waals surface area contributed by atoms with Gasteiger partial charge >= 0.3 is 0 Å².